The van der Waals surface area contributed by atoms with Gasteiger partial charge < -0.3 is 30.0 Å². The van der Waals surface area contributed by atoms with Crippen molar-refractivity contribution in [2.45, 2.75) is 91.6 Å². The van der Waals surface area contributed by atoms with Crippen molar-refractivity contribution in [3.05, 3.63) is 70.8 Å². The maximum atomic E-state index is 12.1. The van der Waals surface area contributed by atoms with Crippen LogP contribution in [-0.2, 0) is 32.2 Å². The van der Waals surface area contributed by atoms with Gasteiger partial charge in [-0.25, -0.2) is 4.79 Å². The molecule has 5 rings (SSSR count). The van der Waals surface area contributed by atoms with E-state index in [0.29, 0.717) is 23.4 Å². The second-order valence-corrected chi connectivity index (χ2v) is 14.0. The smallest absolute Gasteiger partial charge is 0.325 e. The Hall–Kier alpha value is -2.98. The van der Waals surface area contributed by atoms with Crippen LogP contribution in [0.15, 0.2) is 48.5 Å². The monoisotopic (exact) mass is 607 g/mol. The van der Waals surface area contributed by atoms with Crippen LogP contribution in [0, 0.1) is 16.7 Å². The molecule has 3 fully saturated rings. The number of amides is 2. The molecule has 1 aliphatic carbocycles. The Labute approximate surface area is 261 Å². The number of carbonyl (C=O) groups is 2. The molecule has 3 N–H and O–H groups in total. The van der Waals surface area contributed by atoms with E-state index in [-0.39, 0.29) is 37.9 Å². The topological polar surface area (TPSA) is 109 Å². The first kappa shape index (κ1) is 32.4. The van der Waals surface area contributed by atoms with Crippen LogP contribution in [0.1, 0.15) is 88.5 Å². The van der Waals surface area contributed by atoms with Gasteiger partial charge in [0.15, 0.2) is 6.29 Å². The predicted octanol–water partition coefficient (Wildman–Crippen LogP) is 5.23. The van der Waals surface area contributed by atoms with Crippen molar-refractivity contribution in [3.63, 3.8) is 0 Å². The van der Waals surface area contributed by atoms with Gasteiger partial charge in [-0.1, -0.05) is 76.2 Å². The number of carbonyl (C=O) groups excluding carboxylic acids is 2. The summed E-state index contributed by atoms with van der Waals surface area (Å²) in [5.74, 6) is -0.343. The van der Waals surface area contributed by atoms with Gasteiger partial charge in [-0.3, -0.25) is 9.69 Å². The fourth-order valence-electron chi connectivity index (χ4n) is 7.75. The molecule has 2 amide bonds. The van der Waals surface area contributed by atoms with Crippen molar-refractivity contribution in [3.8, 4) is 0 Å². The molecule has 9 nitrogen and oxygen atoms in total. The molecule has 3 aliphatic rings. The molecular weight excluding hydrogens is 558 g/mol. The third-order valence-corrected chi connectivity index (χ3v) is 9.46. The Balaban J connectivity index is 1.28. The van der Waals surface area contributed by atoms with E-state index in [1.165, 1.54) is 19.3 Å². The molecule has 9 heteroatoms. The first-order valence-corrected chi connectivity index (χ1v) is 16.0. The minimum atomic E-state index is -0.539. The van der Waals surface area contributed by atoms with Gasteiger partial charge in [-0.2, -0.15) is 0 Å². The van der Waals surface area contributed by atoms with Gasteiger partial charge in [-0.05, 0) is 53.7 Å². The average Bonchev–Trinajstić information content (AvgIpc) is 3.23. The lowest BCUT2D eigenvalue weighted by Crippen LogP contribution is -2.46. The molecule has 2 aromatic rings. The first-order valence-electron chi connectivity index (χ1n) is 16.0. The standard InChI is InChI=1S/C35H49N3O6/c1-6-42-30(40)18-37-33(41)36-17-24-7-13-27(14-8-24)32-43-29(19-38-22-35(5)16-28(38)15-34(3,4)21-35)23(2)31(44-32)26-11-9-25(20-39)10-12-26/h7-14,23,28-29,31-32,39H,6,15-22H2,1-5H3,(H2,36,37,41). The minimum Gasteiger partial charge on any atom is -0.465 e. The van der Waals surface area contributed by atoms with E-state index in [1.807, 2.05) is 36.4 Å². The summed E-state index contributed by atoms with van der Waals surface area (Å²) in [6.45, 7) is 13.6. The second-order valence-electron chi connectivity index (χ2n) is 14.0. The molecule has 2 aromatic carbocycles. The van der Waals surface area contributed by atoms with Crippen LogP contribution in [0.5, 0.6) is 0 Å². The van der Waals surface area contributed by atoms with Crippen molar-refractivity contribution in [1.29, 1.82) is 0 Å². The van der Waals surface area contributed by atoms with Crippen LogP contribution in [0.4, 0.5) is 4.79 Å². The summed E-state index contributed by atoms with van der Waals surface area (Å²) in [4.78, 5) is 26.2. The van der Waals surface area contributed by atoms with Gasteiger partial charge in [0.25, 0.3) is 0 Å². The fourth-order valence-corrected chi connectivity index (χ4v) is 7.75. The second kappa shape index (κ2) is 13.6. The quantitative estimate of drug-likeness (QED) is 0.317. The van der Waals surface area contributed by atoms with Crippen molar-refractivity contribution < 1.29 is 28.9 Å². The highest BCUT2D eigenvalue weighted by molar-refractivity contribution is 5.80. The van der Waals surface area contributed by atoms with Crippen LogP contribution in [-0.4, -0.2) is 60.4 Å². The molecular formula is C35H49N3O6. The Kier molecular flexibility index (Phi) is 9.99. The van der Waals surface area contributed by atoms with Crippen molar-refractivity contribution in [1.82, 2.24) is 15.5 Å². The van der Waals surface area contributed by atoms with Gasteiger partial charge in [0.05, 0.1) is 25.4 Å². The highest BCUT2D eigenvalue weighted by Gasteiger charge is 2.51. The van der Waals surface area contributed by atoms with Crippen LogP contribution in [0.2, 0.25) is 0 Å². The van der Waals surface area contributed by atoms with E-state index in [0.717, 1.165) is 35.3 Å². The predicted molar refractivity (Wildman–Crippen MR) is 167 cm³/mol. The van der Waals surface area contributed by atoms with Crippen molar-refractivity contribution in [2.24, 2.45) is 16.7 Å². The van der Waals surface area contributed by atoms with Crippen LogP contribution in [0.25, 0.3) is 0 Å². The number of fused-ring (bicyclic) bond motifs is 2. The summed E-state index contributed by atoms with van der Waals surface area (Å²) in [5, 5.41) is 14.8. The van der Waals surface area contributed by atoms with Gasteiger partial charge in [0, 0.05) is 37.2 Å². The maximum absolute atomic E-state index is 12.1. The summed E-state index contributed by atoms with van der Waals surface area (Å²) < 4.78 is 18.3. The molecule has 0 spiro atoms. The Morgan fingerprint density at radius 3 is 2.34 bits per heavy atom. The zero-order valence-corrected chi connectivity index (χ0v) is 26.8. The zero-order chi connectivity index (χ0) is 31.5. The average molecular weight is 608 g/mol. The fraction of sp³-hybridized carbons (Fsp3) is 0.600. The van der Waals surface area contributed by atoms with Gasteiger partial charge >= 0.3 is 12.0 Å². The molecule has 1 saturated carbocycles. The first-order chi connectivity index (χ1) is 21.0. The molecule has 2 bridgehead atoms. The Morgan fingerprint density at radius 2 is 1.66 bits per heavy atom. The molecule has 0 aromatic heterocycles. The lowest BCUT2D eigenvalue weighted by atomic mass is 9.65. The van der Waals surface area contributed by atoms with E-state index in [1.54, 1.807) is 6.92 Å². The number of rotatable bonds is 10. The molecule has 2 heterocycles. The highest BCUT2D eigenvalue weighted by atomic mass is 16.7. The molecule has 6 atom stereocenters. The summed E-state index contributed by atoms with van der Waals surface area (Å²) in [6.07, 6.45) is 3.00. The number of nitrogens with one attached hydrogen (secondary N) is 2. The van der Waals surface area contributed by atoms with Gasteiger partial charge in [0.1, 0.15) is 6.54 Å². The zero-order valence-electron chi connectivity index (χ0n) is 26.8. The van der Waals surface area contributed by atoms with E-state index in [4.69, 9.17) is 14.2 Å². The number of aliphatic hydroxyl groups excluding tert-OH is 1. The Morgan fingerprint density at radius 1 is 0.977 bits per heavy atom. The number of esters is 1. The summed E-state index contributed by atoms with van der Waals surface area (Å²) in [5.41, 5.74) is 4.49. The molecule has 2 aliphatic heterocycles. The molecule has 2 saturated heterocycles. The third kappa shape index (κ3) is 7.80. The summed E-state index contributed by atoms with van der Waals surface area (Å²) in [7, 11) is 0. The van der Waals surface area contributed by atoms with E-state index in [2.05, 4.69) is 55.4 Å². The number of hydrogen-bond donors (Lipinski definition) is 3. The van der Waals surface area contributed by atoms with Crippen LogP contribution < -0.4 is 10.6 Å². The number of nitrogens with zero attached hydrogens (tertiary/aromatic N) is 1. The normalized spacial score (nSPS) is 29.6. The number of likely N-dealkylation sites (tertiary alicyclic amines) is 1. The maximum Gasteiger partial charge on any atom is 0.325 e. The molecule has 240 valence electrons. The van der Waals surface area contributed by atoms with E-state index in [9.17, 15) is 14.7 Å². The van der Waals surface area contributed by atoms with Crippen molar-refractivity contribution >= 4 is 12.0 Å². The SMILES string of the molecule is CCOC(=O)CNC(=O)NCc1ccc(C2OC(CN3CC4(C)CC3CC(C)(C)C4)C(C)C(c3ccc(CO)cc3)O2)cc1. The number of hydrogen-bond acceptors (Lipinski definition) is 7. The minimum absolute atomic E-state index is 0.00937. The number of urea groups is 1. The van der Waals surface area contributed by atoms with Crippen LogP contribution >= 0.6 is 0 Å². The number of benzene rings is 2. The van der Waals surface area contributed by atoms with Crippen LogP contribution in [0.3, 0.4) is 0 Å². The lowest BCUT2D eigenvalue weighted by Gasteiger charge is -2.43. The van der Waals surface area contributed by atoms with Crippen molar-refractivity contribution in [2.75, 3.05) is 26.2 Å². The largest absolute Gasteiger partial charge is 0.465 e. The summed E-state index contributed by atoms with van der Waals surface area (Å²) >= 11 is 0. The summed E-state index contributed by atoms with van der Waals surface area (Å²) in [6, 6.07) is 16.1. The van der Waals surface area contributed by atoms with E-state index >= 15 is 0 Å². The third-order valence-electron chi connectivity index (χ3n) is 9.46. The van der Waals surface area contributed by atoms with Gasteiger partial charge in [0.2, 0.25) is 0 Å². The van der Waals surface area contributed by atoms with E-state index < -0.39 is 18.3 Å². The molecule has 44 heavy (non-hydrogen) atoms. The molecule has 0 radical (unpaired) electrons. The molecule has 6 unspecified atom stereocenters. The number of aliphatic hydroxyl groups is 1. The highest BCUT2D eigenvalue weighted by Crippen LogP contribution is 2.53. The lowest BCUT2D eigenvalue weighted by molar-refractivity contribution is -0.276. The Bertz CT molecular complexity index is 1280. The number of ether oxygens (including phenoxy) is 3. The van der Waals surface area contributed by atoms with Gasteiger partial charge in [-0.15, -0.1) is 0 Å².